The quantitative estimate of drug-likeness (QED) is 0.189. The highest BCUT2D eigenvalue weighted by Gasteiger charge is 2.13. The molecule has 0 bridgehead atoms. The minimum absolute atomic E-state index is 0.750. The number of para-hydroxylation sites is 1. The number of hydrogen-bond donors (Lipinski definition) is 0. The van der Waals surface area contributed by atoms with Gasteiger partial charge in [-0.2, -0.15) is 0 Å². The van der Waals surface area contributed by atoms with Gasteiger partial charge in [0.2, 0.25) is 0 Å². The first-order valence-electron chi connectivity index (χ1n) is 14.5. The Morgan fingerprint density at radius 1 is 1.05 bits per heavy atom. The van der Waals surface area contributed by atoms with Gasteiger partial charge in [0.25, 0.3) is 0 Å². The van der Waals surface area contributed by atoms with Crippen LogP contribution in [0.4, 0.5) is 0 Å². The van der Waals surface area contributed by atoms with Crippen LogP contribution in [-0.4, -0.2) is 21.9 Å². The molecule has 2 heterocycles. The fraction of sp³-hybridized carbons (Fsp3) is 0.243. The fourth-order valence-electron chi connectivity index (χ4n) is 4.90. The summed E-state index contributed by atoms with van der Waals surface area (Å²) >= 11 is 1.72. The summed E-state index contributed by atoms with van der Waals surface area (Å²) in [6.45, 7) is 17.9. The Bertz CT molecular complexity index is 1700. The van der Waals surface area contributed by atoms with Crippen molar-refractivity contribution in [2.24, 2.45) is 9.98 Å². The molecule has 210 valence electrons. The predicted octanol–water partition coefficient (Wildman–Crippen LogP) is 10.1. The van der Waals surface area contributed by atoms with Gasteiger partial charge in [-0.05, 0) is 61.4 Å². The van der Waals surface area contributed by atoms with Crippen LogP contribution < -0.4 is 5.49 Å². The van der Waals surface area contributed by atoms with E-state index in [-0.39, 0.29) is 0 Å². The highest BCUT2D eigenvalue weighted by Crippen LogP contribution is 2.29. The van der Waals surface area contributed by atoms with E-state index in [1.54, 1.807) is 11.8 Å². The van der Waals surface area contributed by atoms with Crippen molar-refractivity contribution in [3.05, 3.63) is 127 Å². The summed E-state index contributed by atoms with van der Waals surface area (Å²) in [4.78, 5) is 9.88. The molecule has 0 atom stereocenters. The Morgan fingerprint density at radius 3 is 2.66 bits per heavy atom. The topological polar surface area (TPSA) is 29.6 Å². The number of nitrogens with zero attached hydrogens (tertiary/aromatic N) is 3. The number of allylic oxidation sites excluding steroid dienone is 9. The van der Waals surface area contributed by atoms with Crippen molar-refractivity contribution in [2.75, 3.05) is 12.3 Å². The molecule has 1 aliphatic rings. The van der Waals surface area contributed by atoms with E-state index in [1.165, 1.54) is 21.9 Å². The van der Waals surface area contributed by atoms with E-state index in [2.05, 4.69) is 111 Å². The SMILES string of the molecule is C=C1/C=C\C=C/CSC(C(/C=C\C)=C/C=C(\C)c2ccc3/c(=N/CCC)n(C(=C)CCC)c4ccccc4c3c2)=N1. The number of rotatable bonds is 9. The lowest BCUT2D eigenvalue weighted by Crippen LogP contribution is -2.22. The largest absolute Gasteiger partial charge is 0.299 e. The number of aromatic nitrogens is 1. The van der Waals surface area contributed by atoms with Gasteiger partial charge in [0, 0.05) is 34.3 Å². The van der Waals surface area contributed by atoms with Crippen molar-refractivity contribution < 1.29 is 0 Å². The average Bonchev–Trinajstić information content (AvgIpc) is 3.09. The lowest BCUT2D eigenvalue weighted by molar-refractivity contribution is 0.847. The van der Waals surface area contributed by atoms with E-state index in [0.29, 0.717) is 0 Å². The third-order valence-electron chi connectivity index (χ3n) is 6.91. The van der Waals surface area contributed by atoms with Crippen LogP contribution in [0.2, 0.25) is 0 Å². The number of aliphatic imine (C=N–C) groups is 1. The van der Waals surface area contributed by atoms with Crippen molar-refractivity contribution >= 4 is 49.8 Å². The smallest absolute Gasteiger partial charge is 0.140 e. The van der Waals surface area contributed by atoms with Gasteiger partial charge in [0.1, 0.15) is 10.5 Å². The molecule has 0 unspecified atom stereocenters. The van der Waals surface area contributed by atoms with Crippen LogP contribution in [0.1, 0.15) is 52.5 Å². The second-order valence-electron chi connectivity index (χ2n) is 10.1. The molecular weight excluding hydrogens is 518 g/mol. The Labute approximate surface area is 249 Å². The Kier molecular flexibility index (Phi) is 10.8. The van der Waals surface area contributed by atoms with E-state index < -0.39 is 0 Å². The number of hydrogen-bond acceptors (Lipinski definition) is 3. The lowest BCUT2D eigenvalue weighted by Gasteiger charge is -2.18. The van der Waals surface area contributed by atoms with Crippen molar-refractivity contribution in [2.45, 2.75) is 47.0 Å². The number of thioether (sulfide) groups is 1. The van der Waals surface area contributed by atoms with Crippen molar-refractivity contribution in [3.63, 3.8) is 0 Å². The van der Waals surface area contributed by atoms with E-state index in [4.69, 9.17) is 9.98 Å². The zero-order valence-corrected chi connectivity index (χ0v) is 25.7. The average molecular weight is 560 g/mol. The van der Waals surface area contributed by atoms with E-state index in [9.17, 15) is 0 Å². The van der Waals surface area contributed by atoms with Gasteiger partial charge in [-0.1, -0.05) is 106 Å². The molecule has 0 N–H and O–H groups in total. The molecular formula is C37H41N3S. The molecule has 4 rings (SSSR count). The number of benzene rings is 2. The summed E-state index contributed by atoms with van der Waals surface area (Å²) in [5.41, 5.74) is 7.43. The number of pyridine rings is 1. The second kappa shape index (κ2) is 14.7. The van der Waals surface area contributed by atoms with Crippen LogP contribution in [0.5, 0.6) is 0 Å². The standard InChI is InChI=1S/C37H41N3S/c1-7-15-29(6)40-35-19-13-12-18-32(35)34-26-31(22-23-33(34)36(40)38-24-9-3)27(4)20-21-30(16-8-2)37-39-28(5)17-11-10-14-25-41-37/h8,10-14,16-23,26H,5-7,9,15,24-25H2,1-4H3/b14-10-,16-8-,17-11-,27-20+,30-21+,38-36-,39-37?. The molecule has 0 radical (unpaired) electrons. The minimum atomic E-state index is 0.750. The second-order valence-corrected chi connectivity index (χ2v) is 11.1. The summed E-state index contributed by atoms with van der Waals surface area (Å²) < 4.78 is 2.28. The third kappa shape index (κ3) is 7.25. The summed E-state index contributed by atoms with van der Waals surface area (Å²) in [5.74, 6) is 0.863. The van der Waals surface area contributed by atoms with Crippen LogP contribution >= 0.6 is 11.8 Å². The van der Waals surface area contributed by atoms with Gasteiger partial charge < -0.3 is 0 Å². The van der Waals surface area contributed by atoms with Crippen LogP contribution in [0.25, 0.3) is 32.9 Å². The maximum Gasteiger partial charge on any atom is 0.140 e. The molecule has 1 aliphatic heterocycles. The summed E-state index contributed by atoms with van der Waals surface area (Å²) in [5, 5.41) is 4.56. The fourth-order valence-corrected chi connectivity index (χ4v) is 5.75. The van der Waals surface area contributed by atoms with E-state index >= 15 is 0 Å². The van der Waals surface area contributed by atoms with E-state index in [1.807, 2.05) is 25.2 Å². The molecule has 3 aromatic rings. The lowest BCUT2D eigenvalue weighted by atomic mass is 9.99. The van der Waals surface area contributed by atoms with Gasteiger partial charge in [0.15, 0.2) is 0 Å². The third-order valence-corrected chi connectivity index (χ3v) is 7.87. The normalized spacial score (nSPS) is 17.0. The molecule has 3 nitrogen and oxygen atoms in total. The molecule has 0 saturated carbocycles. The highest BCUT2D eigenvalue weighted by atomic mass is 32.2. The van der Waals surface area contributed by atoms with Crippen LogP contribution in [0, 0.1) is 0 Å². The molecule has 0 fully saturated rings. The molecule has 0 amide bonds. The van der Waals surface area contributed by atoms with Gasteiger partial charge >= 0.3 is 0 Å². The van der Waals surface area contributed by atoms with Gasteiger partial charge in [-0.25, -0.2) is 4.99 Å². The Balaban J connectivity index is 1.87. The van der Waals surface area contributed by atoms with Gasteiger partial charge in [0.05, 0.1) is 11.2 Å². The van der Waals surface area contributed by atoms with Crippen LogP contribution in [-0.2, 0) is 0 Å². The van der Waals surface area contributed by atoms with Gasteiger partial charge in [-0.3, -0.25) is 9.56 Å². The molecule has 0 aliphatic carbocycles. The van der Waals surface area contributed by atoms with Crippen LogP contribution in [0.15, 0.2) is 125 Å². The Morgan fingerprint density at radius 2 is 1.88 bits per heavy atom. The molecule has 2 aromatic carbocycles. The summed E-state index contributed by atoms with van der Waals surface area (Å²) in [6.07, 6.45) is 19.6. The molecule has 41 heavy (non-hydrogen) atoms. The first kappa shape index (κ1) is 30.1. The molecule has 0 saturated heterocycles. The van der Waals surface area contributed by atoms with Crippen molar-refractivity contribution in [3.8, 4) is 0 Å². The molecule has 1 aromatic heterocycles. The predicted molar refractivity (Wildman–Crippen MR) is 184 cm³/mol. The maximum absolute atomic E-state index is 5.08. The highest BCUT2D eigenvalue weighted by molar-refractivity contribution is 8.14. The van der Waals surface area contributed by atoms with Gasteiger partial charge in [-0.15, -0.1) is 11.8 Å². The molecule has 4 heteroatoms. The zero-order chi connectivity index (χ0) is 29.2. The van der Waals surface area contributed by atoms with E-state index in [0.717, 1.165) is 70.0 Å². The van der Waals surface area contributed by atoms with Crippen molar-refractivity contribution in [1.29, 1.82) is 0 Å². The Hall–Kier alpha value is -3.89. The maximum atomic E-state index is 5.08. The number of fused-ring (bicyclic) bond motifs is 3. The summed E-state index contributed by atoms with van der Waals surface area (Å²) in [7, 11) is 0. The monoisotopic (exact) mass is 559 g/mol. The zero-order valence-electron chi connectivity index (χ0n) is 24.9. The molecule has 0 spiro atoms. The first-order valence-corrected chi connectivity index (χ1v) is 15.5. The minimum Gasteiger partial charge on any atom is -0.299 e. The van der Waals surface area contributed by atoms with Crippen molar-refractivity contribution in [1.82, 2.24) is 4.57 Å². The first-order chi connectivity index (χ1) is 20.0. The summed E-state index contributed by atoms with van der Waals surface area (Å²) in [6, 6.07) is 15.4. The van der Waals surface area contributed by atoms with Crippen LogP contribution in [0.3, 0.4) is 0 Å².